The molecule has 2 rings (SSSR count). The van der Waals surface area contributed by atoms with Crippen molar-refractivity contribution in [3.63, 3.8) is 0 Å². The summed E-state index contributed by atoms with van der Waals surface area (Å²) in [6.07, 6.45) is 1.90. The number of rotatable bonds is 6. The first-order chi connectivity index (χ1) is 9.56. The molecule has 1 unspecified atom stereocenters. The summed E-state index contributed by atoms with van der Waals surface area (Å²) in [5, 5.41) is 3.05. The number of ether oxygens (including phenoxy) is 1. The van der Waals surface area contributed by atoms with Gasteiger partial charge in [-0.3, -0.25) is 0 Å². The van der Waals surface area contributed by atoms with Crippen molar-refractivity contribution in [2.24, 2.45) is 5.73 Å². The van der Waals surface area contributed by atoms with E-state index in [4.69, 9.17) is 10.5 Å². The van der Waals surface area contributed by atoms with Gasteiger partial charge in [-0.15, -0.1) is 11.3 Å². The zero-order chi connectivity index (χ0) is 14.6. The van der Waals surface area contributed by atoms with Crippen LogP contribution >= 0.6 is 11.3 Å². The quantitative estimate of drug-likeness (QED) is 0.868. The molecular formula is C16H22N2OS. The summed E-state index contributed by atoms with van der Waals surface area (Å²) in [5.41, 5.74) is 7.98. The average Bonchev–Trinajstić information content (AvgIpc) is 2.96. The smallest absolute Gasteiger partial charge is 0.119 e. The molecule has 0 radical (unpaired) electrons. The Kier molecular flexibility index (Phi) is 4.78. The van der Waals surface area contributed by atoms with Gasteiger partial charge in [0, 0.05) is 10.9 Å². The van der Waals surface area contributed by atoms with Gasteiger partial charge in [-0.1, -0.05) is 13.8 Å². The van der Waals surface area contributed by atoms with Crippen LogP contribution in [0.15, 0.2) is 29.6 Å². The molecule has 0 spiro atoms. The molecule has 2 N–H and O–H groups in total. The van der Waals surface area contributed by atoms with E-state index in [0.29, 0.717) is 0 Å². The molecule has 2 aromatic rings. The third kappa shape index (κ3) is 3.38. The topological polar surface area (TPSA) is 48.1 Å². The molecule has 0 amide bonds. The average molecular weight is 290 g/mol. The first-order valence-electron chi connectivity index (χ1n) is 7.05. The van der Waals surface area contributed by atoms with E-state index in [-0.39, 0.29) is 5.54 Å². The fourth-order valence-electron chi connectivity index (χ4n) is 1.76. The van der Waals surface area contributed by atoms with Gasteiger partial charge >= 0.3 is 0 Å². The van der Waals surface area contributed by atoms with E-state index in [1.807, 2.05) is 31.2 Å². The van der Waals surface area contributed by atoms with E-state index < -0.39 is 0 Å². The number of nitrogens with two attached hydrogens (primary N) is 1. The molecule has 4 heteroatoms. The highest BCUT2D eigenvalue weighted by Crippen LogP contribution is 2.30. The Morgan fingerprint density at radius 3 is 2.55 bits per heavy atom. The van der Waals surface area contributed by atoms with Crippen molar-refractivity contribution in [1.29, 1.82) is 0 Å². The van der Waals surface area contributed by atoms with E-state index >= 15 is 0 Å². The van der Waals surface area contributed by atoms with Crippen molar-refractivity contribution in [2.75, 3.05) is 6.61 Å². The minimum atomic E-state index is -0.340. The Bertz CT molecular complexity index is 546. The van der Waals surface area contributed by atoms with Crippen molar-refractivity contribution in [3.8, 4) is 17.0 Å². The molecule has 0 aliphatic carbocycles. The number of aromatic nitrogens is 1. The minimum Gasteiger partial charge on any atom is -0.494 e. The van der Waals surface area contributed by atoms with Crippen LogP contribution in [0.4, 0.5) is 0 Å². The fourth-order valence-corrected chi connectivity index (χ4v) is 2.74. The van der Waals surface area contributed by atoms with Gasteiger partial charge in [0.1, 0.15) is 10.8 Å². The van der Waals surface area contributed by atoms with Crippen LogP contribution in [0, 0.1) is 0 Å². The normalized spacial score (nSPS) is 14.0. The van der Waals surface area contributed by atoms with Gasteiger partial charge in [0.15, 0.2) is 0 Å². The lowest BCUT2D eigenvalue weighted by atomic mass is 10.0. The number of hydrogen-bond acceptors (Lipinski definition) is 4. The molecule has 1 heterocycles. The SMILES string of the molecule is CCCOc1ccc(-c2csc(C(C)(N)CC)n2)cc1. The summed E-state index contributed by atoms with van der Waals surface area (Å²) in [4.78, 5) is 4.67. The second kappa shape index (κ2) is 6.37. The van der Waals surface area contributed by atoms with E-state index in [2.05, 4.69) is 24.2 Å². The van der Waals surface area contributed by atoms with Crippen LogP contribution in [0.25, 0.3) is 11.3 Å². The monoisotopic (exact) mass is 290 g/mol. The minimum absolute atomic E-state index is 0.340. The molecule has 0 saturated carbocycles. The summed E-state index contributed by atoms with van der Waals surface area (Å²) in [7, 11) is 0. The Morgan fingerprint density at radius 1 is 1.25 bits per heavy atom. The van der Waals surface area contributed by atoms with Crippen LogP contribution in [-0.4, -0.2) is 11.6 Å². The highest BCUT2D eigenvalue weighted by atomic mass is 32.1. The van der Waals surface area contributed by atoms with Crippen LogP contribution in [0.3, 0.4) is 0 Å². The zero-order valence-corrected chi connectivity index (χ0v) is 13.2. The van der Waals surface area contributed by atoms with Crippen LogP contribution < -0.4 is 10.5 Å². The van der Waals surface area contributed by atoms with Crippen molar-refractivity contribution in [3.05, 3.63) is 34.7 Å². The van der Waals surface area contributed by atoms with E-state index in [9.17, 15) is 0 Å². The summed E-state index contributed by atoms with van der Waals surface area (Å²) in [6, 6.07) is 8.07. The summed E-state index contributed by atoms with van der Waals surface area (Å²) in [6.45, 7) is 6.96. The van der Waals surface area contributed by atoms with Crippen LogP contribution in [-0.2, 0) is 5.54 Å². The number of hydrogen-bond donors (Lipinski definition) is 1. The molecule has 20 heavy (non-hydrogen) atoms. The van der Waals surface area contributed by atoms with Gasteiger partial charge < -0.3 is 10.5 Å². The summed E-state index contributed by atoms with van der Waals surface area (Å²) >= 11 is 1.63. The van der Waals surface area contributed by atoms with Gasteiger partial charge in [0.2, 0.25) is 0 Å². The highest BCUT2D eigenvalue weighted by molar-refractivity contribution is 7.10. The maximum absolute atomic E-state index is 6.24. The van der Waals surface area contributed by atoms with Crippen LogP contribution in [0.2, 0.25) is 0 Å². The van der Waals surface area contributed by atoms with E-state index in [0.717, 1.165) is 41.5 Å². The molecule has 0 aliphatic rings. The second-order valence-corrected chi connectivity index (χ2v) is 6.04. The molecular weight excluding hydrogens is 268 g/mol. The Hall–Kier alpha value is -1.39. The van der Waals surface area contributed by atoms with Crippen molar-refractivity contribution in [1.82, 2.24) is 4.98 Å². The van der Waals surface area contributed by atoms with Crippen molar-refractivity contribution < 1.29 is 4.74 Å². The van der Waals surface area contributed by atoms with Gasteiger partial charge in [0.05, 0.1) is 17.8 Å². The van der Waals surface area contributed by atoms with Gasteiger partial charge in [-0.2, -0.15) is 0 Å². The number of thiazole rings is 1. The third-order valence-corrected chi connectivity index (χ3v) is 4.47. The van der Waals surface area contributed by atoms with Gasteiger partial charge in [0.25, 0.3) is 0 Å². The Morgan fingerprint density at radius 2 is 1.95 bits per heavy atom. The molecule has 1 aromatic heterocycles. The first kappa shape index (κ1) is 15.0. The van der Waals surface area contributed by atoms with Crippen LogP contribution in [0.1, 0.15) is 38.6 Å². The zero-order valence-electron chi connectivity index (χ0n) is 12.3. The first-order valence-corrected chi connectivity index (χ1v) is 7.93. The summed E-state index contributed by atoms with van der Waals surface area (Å²) in [5.74, 6) is 0.906. The van der Waals surface area contributed by atoms with Crippen molar-refractivity contribution >= 4 is 11.3 Å². The molecule has 3 nitrogen and oxygen atoms in total. The van der Waals surface area contributed by atoms with Crippen LogP contribution in [0.5, 0.6) is 5.75 Å². The largest absolute Gasteiger partial charge is 0.494 e. The number of nitrogens with zero attached hydrogens (tertiary/aromatic N) is 1. The molecule has 108 valence electrons. The molecule has 0 saturated heterocycles. The lowest BCUT2D eigenvalue weighted by Crippen LogP contribution is -2.31. The van der Waals surface area contributed by atoms with Crippen molar-refractivity contribution in [2.45, 2.75) is 39.2 Å². The molecule has 0 fully saturated rings. The second-order valence-electron chi connectivity index (χ2n) is 5.18. The van der Waals surface area contributed by atoms with Gasteiger partial charge in [-0.25, -0.2) is 4.98 Å². The lowest BCUT2D eigenvalue weighted by Gasteiger charge is -2.18. The molecule has 0 aliphatic heterocycles. The standard InChI is InChI=1S/C16H22N2OS/c1-4-10-19-13-8-6-12(7-9-13)14-11-20-15(18-14)16(3,17)5-2/h6-9,11H,4-5,10,17H2,1-3H3. The summed E-state index contributed by atoms with van der Waals surface area (Å²) < 4.78 is 5.59. The lowest BCUT2D eigenvalue weighted by molar-refractivity contribution is 0.317. The third-order valence-electron chi connectivity index (χ3n) is 3.35. The maximum atomic E-state index is 6.24. The Labute approximate surface area is 124 Å². The molecule has 1 atom stereocenters. The van der Waals surface area contributed by atoms with E-state index in [1.165, 1.54) is 0 Å². The Balaban J connectivity index is 2.16. The predicted molar refractivity (Wildman–Crippen MR) is 85.2 cm³/mol. The predicted octanol–water partition coefficient (Wildman–Crippen LogP) is 4.18. The fraction of sp³-hybridized carbons (Fsp3) is 0.438. The highest BCUT2D eigenvalue weighted by Gasteiger charge is 2.22. The number of benzene rings is 1. The van der Waals surface area contributed by atoms with E-state index in [1.54, 1.807) is 11.3 Å². The van der Waals surface area contributed by atoms with Gasteiger partial charge in [-0.05, 0) is 44.0 Å². The maximum Gasteiger partial charge on any atom is 0.119 e. The molecule has 1 aromatic carbocycles. The molecule has 0 bridgehead atoms.